The van der Waals surface area contributed by atoms with Crippen LogP contribution in [0.15, 0.2) is 71.2 Å². The SMILES string of the molecule is Cc1ccc(C(C)C)cc1CN1C(=O)[C@@](O)([C@H](C)C(=O)c2ccccc2)c2cc(Br)ccc21. The number of Topliss-reactive ketones (excluding diaryl/α,β-unsaturated/α-hetero) is 1. The van der Waals surface area contributed by atoms with Gasteiger partial charge in [0.1, 0.15) is 0 Å². The Bertz CT molecular complexity index is 1220. The molecule has 0 unspecified atom stereocenters. The van der Waals surface area contributed by atoms with Crippen LogP contribution in [0.1, 0.15) is 59.3 Å². The predicted molar refractivity (Wildman–Crippen MR) is 134 cm³/mol. The lowest BCUT2D eigenvalue weighted by atomic mass is 9.79. The summed E-state index contributed by atoms with van der Waals surface area (Å²) in [7, 11) is 0. The number of aryl methyl sites for hydroxylation is 1. The molecule has 5 heteroatoms. The Morgan fingerprint density at radius 1 is 1.03 bits per heavy atom. The molecule has 0 spiro atoms. The van der Waals surface area contributed by atoms with Gasteiger partial charge in [0.05, 0.1) is 18.2 Å². The molecule has 1 aliphatic rings. The van der Waals surface area contributed by atoms with E-state index in [4.69, 9.17) is 0 Å². The molecule has 33 heavy (non-hydrogen) atoms. The Hall–Kier alpha value is -2.76. The number of hydrogen-bond donors (Lipinski definition) is 1. The zero-order valence-electron chi connectivity index (χ0n) is 19.3. The molecule has 0 bridgehead atoms. The molecule has 0 fully saturated rings. The van der Waals surface area contributed by atoms with Gasteiger partial charge in [-0.3, -0.25) is 9.59 Å². The van der Waals surface area contributed by atoms with E-state index in [-0.39, 0.29) is 5.78 Å². The number of rotatable bonds is 6. The fourth-order valence-corrected chi connectivity index (χ4v) is 4.85. The van der Waals surface area contributed by atoms with E-state index >= 15 is 0 Å². The molecule has 4 nitrogen and oxygen atoms in total. The van der Waals surface area contributed by atoms with Crippen molar-refractivity contribution in [3.05, 3.63) is 99.0 Å². The van der Waals surface area contributed by atoms with Crippen molar-refractivity contribution in [3.63, 3.8) is 0 Å². The van der Waals surface area contributed by atoms with E-state index < -0.39 is 17.4 Å². The number of anilines is 1. The Balaban J connectivity index is 1.78. The Morgan fingerprint density at radius 2 is 1.73 bits per heavy atom. The Morgan fingerprint density at radius 3 is 2.39 bits per heavy atom. The van der Waals surface area contributed by atoms with Gasteiger partial charge in [0.25, 0.3) is 5.91 Å². The van der Waals surface area contributed by atoms with Crippen LogP contribution in [0.5, 0.6) is 0 Å². The molecular weight excluding hydrogens is 478 g/mol. The molecule has 1 amide bonds. The minimum Gasteiger partial charge on any atom is -0.375 e. The second-order valence-corrected chi connectivity index (χ2v) is 10.0. The first-order valence-corrected chi connectivity index (χ1v) is 12.0. The molecular formula is C28H28BrNO3. The molecule has 3 aromatic carbocycles. The van der Waals surface area contributed by atoms with Crippen molar-refractivity contribution >= 4 is 33.3 Å². The van der Waals surface area contributed by atoms with Gasteiger partial charge in [-0.2, -0.15) is 0 Å². The Kier molecular flexibility index (Phi) is 6.30. The van der Waals surface area contributed by atoms with Crippen LogP contribution in [0.3, 0.4) is 0 Å². The molecule has 0 aliphatic carbocycles. The predicted octanol–water partition coefficient (Wildman–Crippen LogP) is 6.13. The van der Waals surface area contributed by atoms with Crippen molar-refractivity contribution < 1.29 is 14.7 Å². The first-order valence-electron chi connectivity index (χ1n) is 11.2. The van der Waals surface area contributed by atoms with E-state index in [0.29, 0.717) is 29.3 Å². The monoisotopic (exact) mass is 505 g/mol. The molecule has 0 radical (unpaired) electrons. The third-order valence-corrected chi connectivity index (χ3v) is 7.17. The van der Waals surface area contributed by atoms with Crippen LogP contribution in [0.25, 0.3) is 0 Å². The smallest absolute Gasteiger partial charge is 0.264 e. The van der Waals surface area contributed by atoms with Gasteiger partial charge < -0.3 is 10.0 Å². The second-order valence-electron chi connectivity index (χ2n) is 9.11. The van der Waals surface area contributed by atoms with Gasteiger partial charge in [0, 0.05) is 15.6 Å². The number of hydrogen-bond acceptors (Lipinski definition) is 3. The highest BCUT2D eigenvalue weighted by Gasteiger charge is 2.55. The molecule has 0 saturated carbocycles. The summed E-state index contributed by atoms with van der Waals surface area (Å²) in [6, 6.07) is 20.6. The number of amides is 1. The van der Waals surface area contributed by atoms with E-state index in [1.54, 1.807) is 42.2 Å². The van der Waals surface area contributed by atoms with Crippen molar-refractivity contribution in [2.75, 3.05) is 4.90 Å². The number of carbonyl (C=O) groups excluding carboxylic acids is 2. The molecule has 1 N–H and O–H groups in total. The summed E-state index contributed by atoms with van der Waals surface area (Å²) in [5, 5.41) is 11.9. The zero-order valence-corrected chi connectivity index (χ0v) is 20.9. The summed E-state index contributed by atoms with van der Waals surface area (Å²) >= 11 is 3.47. The van der Waals surface area contributed by atoms with Crippen molar-refractivity contribution in [2.45, 2.75) is 45.8 Å². The first-order chi connectivity index (χ1) is 15.6. The largest absolute Gasteiger partial charge is 0.375 e. The maximum Gasteiger partial charge on any atom is 0.264 e. The van der Waals surface area contributed by atoms with Crippen molar-refractivity contribution in [1.29, 1.82) is 0 Å². The highest BCUT2D eigenvalue weighted by Crippen LogP contribution is 2.47. The molecule has 3 aromatic rings. The number of halogens is 1. The molecule has 0 saturated heterocycles. The third-order valence-electron chi connectivity index (χ3n) is 6.68. The van der Waals surface area contributed by atoms with Gasteiger partial charge >= 0.3 is 0 Å². The van der Waals surface area contributed by atoms with E-state index in [2.05, 4.69) is 48.0 Å². The van der Waals surface area contributed by atoms with Crippen molar-refractivity contribution in [3.8, 4) is 0 Å². The van der Waals surface area contributed by atoms with Crippen LogP contribution >= 0.6 is 15.9 Å². The molecule has 1 heterocycles. The van der Waals surface area contributed by atoms with E-state index in [9.17, 15) is 14.7 Å². The third kappa shape index (κ3) is 4.04. The quantitative estimate of drug-likeness (QED) is 0.409. The van der Waals surface area contributed by atoms with E-state index in [1.165, 1.54) is 5.56 Å². The first kappa shape index (κ1) is 23.4. The van der Waals surface area contributed by atoms with Crippen LogP contribution < -0.4 is 4.90 Å². The highest BCUT2D eigenvalue weighted by atomic mass is 79.9. The highest BCUT2D eigenvalue weighted by molar-refractivity contribution is 9.10. The number of nitrogens with zero attached hydrogens (tertiary/aromatic N) is 1. The summed E-state index contributed by atoms with van der Waals surface area (Å²) in [6.07, 6.45) is 0. The maximum absolute atomic E-state index is 13.8. The average Bonchev–Trinajstić information content (AvgIpc) is 3.02. The minimum atomic E-state index is -1.95. The van der Waals surface area contributed by atoms with Crippen LogP contribution in [-0.2, 0) is 16.9 Å². The minimum absolute atomic E-state index is 0.266. The van der Waals surface area contributed by atoms with Crippen molar-refractivity contribution in [1.82, 2.24) is 0 Å². The number of benzene rings is 3. The maximum atomic E-state index is 13.8. The summed E-state index contributed by atoms with van der Waals surface area (Å²) in [5.74, 6) is -1.32. The fourth-order valence-electron chi connectivity index (χ4n) is 4.49. The van der Waals surface area contributed by atoms with Gasteiger partial charge in [-0.25, -0.2) is 0 Å². The van der Waals surface area contributed by atoms with E-state index in [0.717, 1.165) is 15.6 Å². The van der Waals surface area contributed by atoms with Crippen molar-refractivity contribution in [2.24, 2.45) is 5.92 Å². The standard InChI is InChI=1S/C28H28BrNO3/c1-17(2)21-11-10-18(3)22(14-21)16-30-25-13-12-23(29)15-24(25)28(33,27(30)32)19(4)26(31)20-8-6-5-7-9-20/h5-15,17,19,33H,16H2,1-4H3/t19-,28-/m1/s1. The van der Waals surface area contributed by atoms with Gasteiger partial charge in [0.15, 0.2) is 11.4 Å². The number of ketones is 1. The van der Waals surface area contributed by atoms with Crippen LogP contribution in [0.2, 0.25) is 0 Å². The van der Waals surface area contributed by atoms with Gasteiger partial charge in [-0.1, -0.05) is 85.2 Å². The molecule has 0 aromatic heterocycles. The summed E-state index contributed by atoms with van der Waals surface area (Å²) in [4.78, 5) is 28.7. The summed E-state index contributed by atoms with van der Waals surface area (Å²) < 4.78 is 0.742. The molecule has 2 atom stereocenters. The zero-order chi connectivity index (χ0) is 23.9. The van der Waals surface area contributed by atoms with Gasteiger partial charge in [0.2, 0.25) is 0 Å². The number of carbonyl (C=O) groups is 2. The lowest BCUT2D eigenvalue weighted by Gasteiger charge is -2.29. The van der Waals surface area contributed by atoms with Crippen LogP contribution in [-0.4, -0.2) is 16.8 Å². The molecule has 4 rings (SSSR count). The average molecular weight is 506 g/mol. The fraction of sp³-hybridized carbons (Fsp3) is 0.286. The lowest BCUT2D eigenvalue weighted by molar-refractivity contribution is -0.139. The topological polar surface area (TPSA) is 57.6 Å². The molecule has 1 aliphatic heterocycles. The Labute approximate surface area is 203 Å². The van der Waals surface area contributed by atoms with Crippen LogP contribution in [0.4, 0.5) is 5.69 Å². The van der Waals surface area contributed by atoms with E-state index in [1.807, 2.05) is 25.1 Å². The number of aliphatic hydroxyl groups is 1. The normalized spacial score (nSPS) is 18.5. The summed E-state index contributed by atoms with van der Waals surface area (Å²) in [5.41, 5.74) is 2.91. The molecule has 170 valence electrons. The second kappa shape index (κ2) is 8.88. The summed E-state index contributed by atoms with van der Waals surface area (Å²) in [6.45, 7) is 8.26. The van der Waals surface area contributed by atoms with Gasteiger partial charge in [-0.15, -0.1) is 0 Å². The van der Waals surface area contributed by atoms with Gasteiger partial charge in [-0.05, 0) is 47.7 Å². The van der Waals surface area contributed by atoms with Crippen LogP contribution in [0, 0.1) is 12.8 Å². The lowest BCUT2D eigenvalue weighted by Crippen LogP contribution is -2.47. The number of fused-ring (bicyclic) bond motifs is 1.